The van der Waals surface area contributed by atoms with Crippen LogP contribution in [0.3, 0.4) is 0 Å². The maximum absolute atomic E-state index is 12.4. The zero-order chi connectivity index (χ0) is 14.3. The summed E-state index contributed by atoms with van der Waals surface area (Å²) in [5, 5.41) is 5.37. The lowest BCUT2D eigenvalue weighted by Gasteiger charge is -2.07. The molecule has 0 spiro atoms. The van der Waals surface area contributed by atoms with Gasteiger partial charge < -0.3 is 4.74 Å². The van der Waals surface area contributed by atoms with E-state index in [0.29, 0.717) is 17.2 Å². The van der Waals surface area contributed by atoms with Gasteiger partial charge in [0.15, 0.2) is 0 Å². The molecule has 5 nitrogen and oxygen atoms in total. The summed E-state index contributed by atoms with van der Waals surface area (Å²) < 4.78 is 6.85. The van der Waals surface area contributed by atoms with E-state index in [1.165, 1.54) is 16.0 Å². The minimum atomic E-state index is -0.420. The van der Waals surface area contributed by atoms with E-state index in [1.807, 2.05) is 13.0 Å². The minimum absolute atomic E-state index is 0.112. The van der Waals surface area contributed by atoms with Gasteiger partial charge in [-0.1, -0.05) is 0 Å². The Labute approximate surface area is 120 Å². The Morgan fingerprint density at radius 1 is 1.55 bits per heavy atom. The molecular weight excluding hydrogens is 276 g/mol. The maximum atomic E-state index is 12.4. The first-order valence-electron chi connectivity index (χ1n) is 6.77. The lowest BCUT2D eigenvalue weighted by molar-refractivity contribution is -0.144. The van der Waals surface area contributed by atoms with Crippen LogP contribution in [0.2, 0.25) is 0 Å². The Balaban J connectivity index is 2.10. The van der Waals surface area contributed by atoms with Gasteiger partial charge in [0.2, 0.25) is 0 Å². The summed E-state index contributed by atoms with van der Waals surface area (Å²) in [6.45, 7) is 3.93. The topological polar surface area (TPSA) is 61.2 Å². The zero-order valence-corrected chi connectivity index (χ0v) is 12.3. The monoisotopic (exact) mass is 292 g/mol. The number of aromatic nitrogens is 2. The predicted octanol–water partition coefficient (Wildman–Crippen LogP) is 2.21. The molecule has 0 N–H and O–H groups in total. The van der Waals surface area contributed by atoms with Crippen LogP contribution in [0.4, 0.5) is 0 Å². The number of nitrogens with zero attached hydrogens (tertiary/aromatic N) is 2. The van der Waals surface area contributed by atoms with E-state index >= 15 is 0 Å². The van der Waals surface area contributed by atoms with Crippen molar-refractivity contribution in [2.75, 3.05) is 6.61 Å². The van der Waals surface area contributed by atoms with Gasteiger partial charge in [0.1, 0.15) is 11.2 Å². The molecule has 3 rings (SSSR count). The molecule has 0 amide bonds. The second-order valence-electron chi connectivity index (χ2n) is 5.03. The van der Waals surface area contributed by atoms with E-state index in [0.717, 1.165) is 28.8 Å². The van der Waals surface area contributed by atoms with E-state index in [9.17, 15) is 9.59 Å². The highest BCUT2D eigenvalue weighted by Crippen LogP contribution is 2.42. The lowest BCUT2D eigenvalue weighted by atomic mass is 10.2. The van der Waals surface area contributed by atoms with Crippen molar-refractivity contribution >= 4 is 27.4 Å². The molecule has 2 aromatic heterocycles. The fourth-order valence-electron chi connectivity index (χ4n) is 2.30. The highest BCUT2D eigenvalue weighted by Gasteiger charge is 2.29. The van der Waals surface area contributed by atoms with Gasteiger partial charge in [-0.15, -0.1) is 11.3 Å². The van der Waals surface area contributed by atoms with Gasteiger partial charge in [-0.25, -0.2) is 4.68 Å². The fourth-order valence-corrected chi connectivity index (χ4v) is 3.27. The van der Waals surface area contributed by atoms with Gasteiger partial charge in [0, 0.05) is 16.2 Å². The number of carbonyl (C=O) groups excluding carboxylic acids is 1. The number of fused-ring (bicyclic) bond motifs is 1. The van der Waals surface area contributed by atoms with Crippen molar-refractivity contribution < 1.29 is 9.53 Å². The summed E-state index contributed by atoms with van der Waals surface area (Å²) >= 11 is 1.47. The van der Waals surface area contributed by atoms with Crippen molar-refractivity contribution in [3.8, 4) is 0 Å². The standard InChI is InChI=1S/C14H16N2O3S/c1-3-19-11(17)7-16-14(18)13-10(6-8(2)20-13)12(15-16)9-4-5-9/h6,9H,3-5,7H2,1-2H3. The number of esters is 1. The molecule has 0 aromatic carbocycles. The molecule has 1 fully saturated rings. The third-order valence-corrected chi connectivity index (χ3v) is 4.38. The van der Waals surface area contributed by atoms with Gasteiger partial charge in [-0.2, -0.15) is 5.10 Å². The first-order chi connectivity index (χ1) is 9.60. The summed E-state index contributed by atoms with van der Waals surface area (Å²) in [6, 6.07) is 2.02. The summed E-state index contributed by atoms with van der Waals surface area (Å²) in [5.41, 5.74) is 0.754. The van der Waals surface area contributed by atoms with Crippen LogP contribution in [-0.2, 0) is 16.1 Å². The van der Waals surface area contributed by atoms with Crippen LogP contribution < -0.4 is 5.56 Å². The Morgan fingerprint density at radius 2 is 2.30 bits per heavy atom. The normalized spacial score (nSPS) is 14.7. The zero-order valence-electron chi connectivity index (χ0n) is 11.5. The molecule has 106 valence electrons. The third kappa shape index (κ3) is 2.35. The Morgan fingerprint density at radius 3 is 2.95 bits per heavy atom. The molecular formula is C14H16N2O3S. The molecule has 6 heteroatoms. The van der Waals surface area contributed by atoms with Crippen molar-refractivity contribution in [1.82, 2.24) is 9.78 Å². The lowest BCUT2D eigenvalue weighted by Crippen LogP contribution is -2.28. The Hall–Kier alpha value is -1.69. The second kappa shape index (κ2) is 5.01. The first kappa shape index (κ1) is 13.3. The van der Waals surface area contributed by atoms with Crippen molar-refractivity contribution in [1.29, 1.82) is 0 Å². The largest absolute Gasteiger partial charge is 0.465 e. The molecule has 0 atom stereocenters. The van der Waals surface area contributed by atoms with Crippen LogP contribution in [0.25, 0.3) is 10.1 Å². The second-order valence-corrected chi connectivity index (χ2v) is 6.28. The van der Waals surface area contributed by atoms with Crippen LogP contribution >= 0.6 is 11.3 Å². The van der Waals surface area contributed by atoms with Crippen LogP contribution in [0, 0.1) is 6.92 Å². The van der Waals surface area contributed by atoms with E-state index < -0.39 is 5.97 Å². The quantitative estimate of drug-likeness (QED) is 0.811. The summed E-state index contributed by atoms with van der Waals surface area (Å²) in [6.07, 6.45) is 2.21. The molecule has 2 heterocycles. The number of carbonyl (C=O) groups is 1. The molecule has 1 aliphatic rings. The number of rotatable bonds is 4. The summed E-state index contributed by atoms with van der Waals surface area (Å²) in [4.78, 5) is 25.1. The summed E-state index contributed by atoms with van der Waals surface area (Å²) in [7, 11) is 0. The smallest absolute Gasteiger partial charge is 0.327 e. The van der Waals surface area contributed by atoms with Gasteiger partial charge >= 0.3 is 5.97 Å². The average molecular weight is 292 g/mol. The van der Waals surface area contributed by atoms with E-state index in [4.69, 9.17) is 4.74 Å². The van der Waals surface area contributed by atoms with Gasteiger partial charge in [-0.3, -0.25) is 9.59 Å². The molecule has 20 heavy (non-hydrogen) atoms. The molecule has 0 bridgehead atoms. The maximum Gasteiger partial charge on any atom is 0.327 e. The number of aryl methyl sites for hydroxylation is 1. The number of hydrogen-bond acceptors (Lipinski definition) is 5. The van der Waals surface area contributed by atoms with Gasteiger partial charge in [0.25, 0.3) is 5.56 Å². The Bertz CT molecular complexity index is 728. The minimum Gasteiger partial charge on any atom is -0.465 e. The Kier molecular flexibility index (Phi) is 3.33. The van der Waals surface area contributed by atoms with Crippen LogP contribution in [0.15, 0.2) is 10.9 Å². The first-order valence-corrected chi connectivity index (χ1v) is 7.58. The molecule has 0 unspecified atom stereocenters. The number of thiophene rings is 1. The highest BCUT2D eigenvalue weighted by molar-refractivity contribution is 7.18. The van der Waals surface area contributed by atoms with Crippen molar-refractivity contribution in [2.45, 2.75) is 39.2 Å². The van der Waals surface area contributed by atoms with E-state index in [2.05, 4.69) is 5.10 Å². The SMILES string of the molecule is CCOC(=O)Cn1nc(C2CC2)c2cc(C)sc2c1=O. The van der Waals surface area contributed by atoms with Gasteiger partial charge in [0.05, 0.1) is 12.3 Å². The van der Waals surface area contributed by atoms with Crippen molar-refractivity contribution in [2.24, 2.45) is 0 Å². The number of ether oxygens (including phenoxy) is 1. The van der Waals surface area contributed by atoms with Crippen molar-refractivity contribution in [3.63, 3.8) is 0 Å². The molecule has 0 aliphatic heterocycles. The van der Waals surface area contributed by atoms with Gasteiger partial charge in [-0.05, 0) is 32.8 Å². The van der Waals surface area contributed by atoms with Crippen LogP contribution in [-0.4, -0.2) is 22.4 Å². The third-order valence-electron chi connectivity index (χ3n) is 3.34. The molecule has 1 aliphatic carbocycles. The molecule has 0 radical (unpaired) electrons. The number of hydrogen-bond donors (Lipinski definition) is 0. The highest BCUT2D eigenvalue weighted by atomic mass is 32.1. The molecule has 0 saturated heterocycles. The fraction of sp³-hybridized carbons (Fsp3) is 0.500. The van der Waals surface area contributed by atoms with E-state index in [1.54, 1.807) is 6.92 Å². The molecule has 1 saturated carbocycles. The van der Waals surface area contributed by atoms with E-state index in [-0.39, 0.29) is 12.1 Å². The molecule has 2 aromatic rings. The summed E-state index contributed by atoms with van der Waals surface area (Å²) in [5.74, 6) is 0.0111. The van der Waals surface area contributed by atoms with Crippen molar-refractivity contribution in [3.05, 3.63) is 27.0 Å². The average Bonchev–Trinajstić information content (AvgIpc) is 3.15. The van der Waals surface area contributed by atoms with Crippen LogP contribution in [0.5, 0.6) is 0 Å². The predicted molar refractivity (Wildman–Crippen MR) is 77.2 cm³/mol. The van der Waals surface area contributed by atoms with Crippen LogP contribution in [0.1, 0.15) is 36.3 Å².